The van der Waals surface area contributed by atoms with Crippen molar-refractivity contribution in [3.63, 3.8) is 0 Å². The Morgan fingerprint density at radius 2 is 1.83 bits per heavy atom. The molecule has 124 valence electrons. The lowest BCUT2D eigenvalue weighted by Gasteiger charge is -2.19. The molecule has 4 nitrogen and oxygen atoms in total. The average molecular weight is 337 g/mol. The van der Waals surface area contributed by atoms with Crippen LogP contribution in [0.3, 0.4) is 0 Å². The molecule has 0 saturated carbocycles. The predicted molar refractivity (Wildman–Crippen MR) is 87.3 cm³/mol. The van der Waals surface area contributed by atoms with Crippen LogP contribution in [0.25, 0.3) is 0 Å². The van der Waals surface area contributed by atoms with Gasteiger partial charge in [0.2, 0.25) is 10.0 Å². The Kier molecular flexibility index (Phi) is 5.51. The SMILES string of the molecule is COC(CNS(=O)(=O)c1ccc(F)cc1C)c1ccccc1C. The van der Waals surface area contributed by atoms with Gasteiger partial charge in [-0.1, -0.05) is 24.3 Å². The Morgan fingerprint density at radius 1 is 1.13 bits per heavy atom. The maximum Gasteiger partial charge on any atom is 0.240 e. The monoisotopic (exact) mass is 337 g/mol. The number of sulfonamides is 1. The molecule has 0 aliphatic carbocycles. The molecule has 0 bridgehead atoms. The van der Waals surface area contributed by atoms with E-state index in [1.165, 1.54) is 19.2 Å². The molecule has 2 aromatic carbocycles. The molecule has 1 N–H and O–H groups in total. The zero-order chi connectivity index (χ0) is 17.0. The van der Waals surface area contributed by atoms with E-state index in [0.29, 0.717) is 5.56 Å². The smallest absolute Gasteiger partial charge is 0.240 e. The fourth-order valence-electron chi connectivity index (χ4n) is 2.45. The van der Waals surface area contributed by atoms with Gasteiger partial charge in [-0.25, -0.2) is 17.5 Å². The summed E-state index contributed by atoms with van der Waals surface area (Å²) in [5, 5.41) is 0. The summed E-state index contributed by atoms with van der Waals surface area (Å²) in [6.07, 6.45) is -0.397. The minimum absolute atomic E-state index is 0.0681. The summed E-state index contributed by atoms with van der Waals surface area (Å²) in [5.41, 5.74) is 2.31. The number of benzene rings is 2. The van der Waals surface area contributed by atoms with Gasteiger partial charge in [-0.2, -0.15) is 0 Å². The summed E-state index contributed by atoms with van der Waals surface area (Å²) in [7, 11) is -2.19. The van der Waals surface area contributed by atoms with Crippen LogP contribution in [0, 0.1) is 19.7 Å². The zero-order valence-electron chi connectivity index (χ0n) is 13.3. The van der Waals surface area contributed by atoms with Crippen LogP contribution in [0.1, 0.15) is 22.8 Å². The fourth-order valence-corrected chi connectivity index (χ4v) is 3.70. The predicted octanol–water partition coefficient (Wildman–Crippen LogP) is 3.11. The lowest BCUT2D eigenvalue weighted by molar-refractivity contribution is 0.107. The second-order valence-corrected chi connectivity index (χ2v) is 7.08. The molecule has 0 radical (unpaired) electrons. The molecular formula is C17H20FNO3S. The molecule has 0 aliphatic rings. The Balaban J connectivity index is 2.19. The van der Waals surface area contributed by atoms with Gasteiger partial charge in [0.25, 0.3) is 0 Å². The van der Waals surface area contributed by atoms with Crippen molar-refractivity contribution in [1.29, 1.82) is 0 Å². The highest BCUT2D eigenvalue weighted by atomic mass is 32.2. The van der Waals surface area contributed by atoms with E-state index in [0.717, 1.165) is 17.2 Å². The molecule has 2 rings (SSSR count). The van der Waals surface area contributed by atoms with Crippen molar-refractivity contribution < 1.29 is 17.5 Å². The largest absolute Gasteiger partial charge is 0.375 e. The summed E-state index contributed by atoms with van der Waals surface area (Å²) in [4.78, 5) is 0.0681. The summed E-state index contributed by atoms with van der Waals surface area (Å²) in [6.45, 7) is 3.60. The summed E-state index contributed by atoms with van der Waals surface area (Å²) >= 11 is 0. The molecule has 23 heavy (non-hydrogen) atoms. The lowest BCUT2D eigenvalue weighted by atomic mass is 10.0. The van der Waals surface area contributed by atoms with Gasteiger partial charge in [0, 0.05) is 13.7 Å². The molecule has 6 heteroatoms. The second kappa shape index (κ2) is 7.21. The number of halogens is 1. The van der Waals surface area contributed by atoms with Gasteiger partial charge in [-0.3, -0.25) is 0 Å². The highest BCUT2D eigenvalue weighted by Crippen LogP contribution is 2.21. The van der Waals surface area contributed by atoms with E-state index in [9.17, 15) is 12.8 Å². The normalized spacial score (nSPS) is 13.0. The first kappa shape index (κ1) is 17.6. The van der Waals surface area contributed by atoms with Crippen LogP contribution < -0.4 is 4.72 Å². The van der Waals surface area contributed by atoms with Crippen molar-refractivity contribution in [3.8, 4) is 0 Å². The van der Waals surface area contributed by atoms with Crippen molar-refractivity contribution >= 4 is 10.0 Å². The van der Waals surface area contributed by atoms with Crippen LogP contribution in [-0.2, 0) is 14.8 Å². The number of ether oxygens (including phenoxy) is 1. The number of aryl methyl sites for hydroxylation is 2. The van der Waals surface area contributed by atoms with Crippen LogP contribution in [0.4, 0.5) is 4.39 Å². The fraction of sp³-hybridized carbons (Fsp3) is 0.294. The van der Waals surface area contributed by atoms with Gasteiger partial charge >= 0.3 is 0 Å². The van der Waals surface area contributed by atoms with Gasteiger partial charge in [-0.05, 0) is 48.7 Å². The van der Waals surface area contributed by atoms with E-state index in [-0.39, 0.29) is 11.4 Å². The van der Waals surface area contributed by atoms with Crippen LogP contribution in [-0.4, -0.2) is 22.1 Å². The topological polar surface area (TPSA) is 55.4 Å². The molecular weight excluding hydrogens is 317 g/mol. The molecule has 0 saturated heterocycles. The Labute approximate surface area is 136 Å². The van der Waals surface area contributed by atoms with Crippen molar-refractivity contribution in [2.75, 3.05) is 13.7 Å². The third-order valence-electron chi connectivity index (χ3n) is 3.71. The second-order valence-electron chi connectivity index (χ2n) is 5.34. The van der Waals surface area contributed by atoms with E-state index in [1.807, 2.05) is 31.2 Å². The zero-order valence-corrected chi connectivity index (χ0v) is 14.2. The van der Waals surface area contributed by atoms with Crippen LogP contribution in [0.15, 0.2) is 47.4 Å². The van der Waals surface area contributed by atoms with Gasteiger partial charge in [0.15, 0.2) is 0 Å². The minimum atomic E-state index is -3.73. The van der Waals surface area contributed by atoms with Crippen LogP contribution >= 0.6 is 0 Å². The molecule has 2 aromatic rings. The maximum absolute atomic E-state index is 13.1. The Morgan fingerprint density at radius 3 is 2.43 bits per heavy atom. The van der Waals surface area contributed by atoms with Crippen molar-refractivity contribution in [2.24, 2.45) is 0 Å². The molecule has 1 atom stereocenters. The summed E-state index contributed by atoms with van der Waals surface area (Å²) in [5.74, 6) is -0.462. The van der Waals surface area contributed by atoms with Gasteiger partial charge in [0.05, 0.1) is 11.0 Å². The first-order valence-corrected chi connectivity index (χ1v) is 8.67. The Hall–Kier alpha value is -1.76. The quantitative estimate of drug-likeness (QED) is 0.881. The Bertz CT molecular complexity index is 790. The average Bonchev–Trinajstić information content (AvgIpc) is 2.49. The lowest BCUT2D eigenvalue weighted by Crippen LogP contribution is -2.30. The molecule has 0 aromatic heterocycles. The first-order chi connectivity index (χ1) is 10.8. The highest BCUT2D eigenvalue weighted by molar-refractivity contribution is 7.89. The number of nitrogens with one attached hydrogen (secondary N) is 1. The first-order valence-electron chi connectivity index (χ1n) is 7.19. The number of hydrogen-bond acceptors (Lipinski definition) is 3. The molecule has 0 aliphatic heterocycles. The van der Waals surface area contributed by atoms with Gasteiger partial charge in [0.1, 0.15) is 5.82 Å². The molecule has 0 spiro atoms. The minimum Gasteiger partial charge on any atom is -0.375 e. The van der Waals surface area contributed by atoms with E-state index in [1.54, 1.807) is 6.92 Å². The molecule has 0 fully saturated rings. The van der Waals surface area contributed by atoms with Crippen molar-refractivity contribution in [2.45, 2.75) is 24.8 Å². The standard InChI is InChI=1S/C17H20FNO3S/c1-12-6-4-5-7-15(12)16(22-3)11-19-23(20,21)17-9-8-14(18)10-13(17)2/h4-10,16,19H,11H2,1-3H3. The molecule has 1 unspecified atom stereocenters. The number of methoxy groups -OCH3 is 1. The van der Waals surface area contributed by atoms with Crippen molar-refractivity contribution in [1.82, 2.24) is 4.72 Å². The maximum atomic E-state index is 13.1. The van der Waals surface area contributed by atoms with E-state index in [2.05, 4.69) is 4.72 Å². The number of hydrogen-bond donors (Lipinski definition) is 1. The van der Waals surface area contributed by atoms with E-state index in [4.69, 9.17) is 4.74 Å². The van der Waals surface area contributed by atoms with E-state index >= 15 is 0 Å². The summed E-state index contributed by atoms with van der Waals surface area (Å²) in [6, 6.07) is 11.2. The molecule has 0 heterocycles. The van der Waals surface area contributed by atoms with Crippen LogP contribution in [0.5, 0.6) is 0 Å². The third kappa shape index (κ3) is 4.16. The molecule has 0 amide bonds. The summed E-state index contributed by atoms with van der Waals surface area (Å²) < 4.78 is 45.9. The van der Waals surface area contributed by atoms with Crippen LogP contribution in [0.2, 0.25) is 0 Å². The van der Waals surface area contributed by atoms with Gasteiger partial charge < -0.3 is 4.74 Å². The third-order valence-corrected chi connectivity index (χ3v) is 5.29. The van der Waals surface area contributed by atoms with Crippen molar-refractivity contribution in [3.05, 3.63) is 65.0 Å². The number of rotatable bonds is 6. The van der Waals surface area contributed by atoms with Gasteiger partial charge in [-0.15, -0.1) is 0 Å². The van der Waals surface area contributed by atoms with E-state index < -0.39 is 21.9 Å². The highest BCUT2D eigenvalue weighted by Gasteiger charge is 2.20.